The van der Waals surface area contributed by atoms with Gasteiger partial charge in [-0.1, -0.05) is 0 Å². The van der Waals surface area contributed by atoms with Crippen molar-refractivity contribution < 1.29 is 0 Å². The molecule has 1 aromatic heterocycles. The Kier molecular flexibility index (Phi) is 4.05. The van der Waals surface area contributed by atoms with Gasteiger partial charge in [-0.3, -0.25) is 0 Å². The second-order valence-electron chi connectivity index (χ2n) is 5.95. The molecule has 2 fully saturated rings. The van der Waals surface area contributed by atoms with Gasteiger partial charge in [-0.05, 0) is 51.8 Å². The summed E-state index contributed by atoms with van der Waals surface area (Å²) in [5, 5.41) is 3.19. The van der Waals surface area contributed by atoms with Gasteiger partial charge in [0, 0.05) is 31.9 Å². The van der Waals surface area contributed by atoms with E-state index in [2.05, 4.69) is 39.1 Å². The topological polar surface area (TPSA) is 44.3 Å². The van der Waals surface area contributed by atoms with Gasteiger partial charge in [0.05, 0.1) is 0 Å². The lowest BCUT2D eigenvalue weighted by atomic mass is 9.84. The quantitative estimate of drug-likeness (QED) is 0.912. The van der Waals surface area contributed by atoms with Crippen LogP contribution in [0.1, 0.15) is 26.2 Å². The minimum Gasteiger partial charge on any atom is -0.356 e. The van der Waals surface area contributed by atoms with Crippen LogP contribution in [0, 0.1) is 5.92 Å². The van der Waals surface area contributed by atoms with E-state index < -0.39 is 0 Å². The van der Waals surface area contributed by atoms with Gasteiger partial charge in [0.15, 0.2) is 0 Å². The SMILES string of the molecule is CCNc1nccc(N2CCC3C(CCCN3C)C2)n1. The van der Waals surface area contributed by atoms with Crippen LogP contribution in [0.4, 0.5) is 11.8 Å². The van der Waals surface area contributed by atoms with Crippen molar-refractivity contribution in [3.05, 3.63) is 12.3 Å². The van der Waals surface area contributed by atoms with E-state index in [0.717, 1.165) is 43.4 Å². The molecule has 5 nitrogen and oxygen atoms in total. The number of piperidine rings is 2. The number of anilines is 2. The molecule has 0 aliphatic carbocycles. The minimum atomic E-state index is 0.743. The molecule has 0 bridgehead atoms. The summed E-state index contributed by atoms with van der Waals surface area (Å²) in [6.45, 7) is 6.43. The normalized spacial score (nSPS) is 27.2. The molecule has 2 aliphatic rings. The maximum Gasteiger partial charge on any atom is 0.224 e. The highest BCUT2D eigenvalue weighted by Gasteiger charge is 2.34. The first-order valence-corrected chi connectivity index (χ1v) is 7.80. The number of hydrogen-bond acceptors (Lipinski definition) is 5. The Morgan fingerprint density at radius 3 is 3.10 bits per heavy atom. The summed E-state index contributed by atoms with van der Waals surface area (Å²) in [6.07, 6.45) is 5.80. The lowest BCUT2D eigenvalue weighted by Gasteiger charge is -2.46. The Labute approximate surface area is 121 Å². The van der Waals surface area contributed by atoms with Crippen molar-refractivity contribution in [3.8, 4) is 0 Å². The molecule has 3 rings (SSSR count). The van der Waals surface area contributed by atoms with Gasteiger partial charge in [0.1, 0.15) is 5.82 Å². The van der Waals surface area contributed by atoms with Crippen molar-refractivity contribution in [3.63, 3.8) is 0 Å². The van der Waals surface area contributed by atoms with E-state index in [9.17, 15) is 0 Å². The number of fused-ring (bicyclic) bond motifs is 1. The van der Waals surface area contributed by atoms with Crippen molar-refractivity contribution in [1.29, 1.82) is 0 Å². The number of rotatable bonds is 3. The standard InChI is InChI=1S/C15H25N5/c1-3-16-15-17-8-6-14(18-15)20-10-7-13-12(11-20)5-4-9-19(13)2/h6,8,12-13H,3-5,7,9-11H2,1-2H3,(H,16,17,18). The molecule has 0 amide bonds. The Hall–Kier alpha value is -1.36. The molecule has 0 aromatic carbocycles. The van der Waals surface area contributed by atoms with Gasteiger partial charge >= 0.3 is 0 Å². The lowest BCUT2D eigenvalue weighted by Crippen LogP contribution is -2.52. The Balaban J connectivity index is 1.71. The number of nitrogens with one attached hydrogen (secondary N) is 1. The first-order valence-electron chi connectivity index (χ1n) is 7.80. The van der Waals surface area contributed by atoms with Gasteiger partial charge in [0.2, 0.25) is 5.95 Å². The maximum atomic E-state index is 4.63. The van der Waals surface area contributed by atoms with Crippen molar-refractivity contribution in [2.75, 3.05) is 43.4 Å². The molecule has 2 saturated heterocycles. The average Bonchev–Trinajstić information content (AvgIpc) is 2.48. The number of hydrogen-bond donors (Lipinski definition) is 1. The smallest absolute Gasteiger partial charge is 0.224 e. The van der Waals surface area contributed by atoms with Crippen LogP contribution >= 0.6 is 0 Å². The third-order valence-electron chi connectivity index (χ3n) is 4.65. The van der Waals surface area contributed by atoms with E-state index in [1.165, 1.54) is 25.8 Å². The second-order valence-corrected chi connectivity index (χ2v) is 5.95. The Morgan fingerprint density at radius 2 is 2.25 bits per heavy atom. The molecule has 0 radical (unpaired) electrons. The first-order chi connectivity index (χ1) is 9.78. The predicted octanol–water partition coefficient (Wildman–Crippen LogP) is 1.83. The van der Waals surface area contributed by atoms with Crippen LogP contribution in [0.3, 0.4) is 0 Å². The van der Waals surface area contributed by atoms with Crippen LogP contribution in [0.25, 0.3) is 0 Å². The van der Waals surface area contributed by atoms with Crippen molar-refractivity contribution >= 4 is 11.8 Å². The molecule has 2 unspecified atom stereocenters. The zero-order valence-electron chi connectivity index (χ0n) is 12.5. The van der Waals surface area contributed by atoms with Crippen LogP contribution in [0.2, 0.25) is 0 Å². The highest BCUT2D eigenvalue weighted by Crippen LogP contribution is 2.31. The molecule has 20 heavy (non-hydrogen) atoms. The van der Waals surface area contributed by atoms with Crippen molar-refractivity contribution in [2.45, 2.75) is 32.2 Å². The first kappa shape index (κ1) is 13.6. The monoisotopic (exact) mass is 275 g/mol. The van der Waals surface area contributed by atoms with Crippen LogP contribution in [0.5, 0.6) is 0 Å². The van der Waals surface area contributed by atoms with Crippen LogP contribution in [-0.4, -0.2) is 54.1 Å². The summed E-state index contributed by atoms with van der Waals surface area (Å²) < 4.78 is 0. The molecule has 2 aliphatic heterocycles. The Bertz CT molecular complexity index is 450. The summed E-state index contributed by atoms with van der Waals surface area (Å²) >= 11 is 0. The van der Waals surface area contributed by atoms with Gasteiger partial charge < -0.3 is 15.1 Å². The minimum absolute atomic E-state index is 0.743. The van der Waals surface area contributed by atoms with Crippen LogP contribution < -0.4 is 10.2 Å². The molecule has 110 valence electrons. The summed E-state index contributed by atoms with van der Waals surface area (Å²) in [6, 6.07) is 2.81. The average molecular weight is 275 g/mol. The van der Waals surface area contributed by atoms with Crippen molar-refractivity contribution in [2.24, 2.45) is 5.92 Å². The molecule has 3 heterocycles. The molecule has 0 spiro atoms. The zero-order valence-corrected chi connectivity index (χ0v) is 12.5. The van der Waals surface area contributed by atoms with E-state index in [-0.39, 0.29) is 0 Å². The van der Waals surface area contributed by atoms with E-state index >= 15 is 0 Å². The van der Waals surface area contributed by atoms with Crippen molar-refractivity contribution in [1.82, 2.24) is 14.9 Å². The number of likely N-dealkylation sites (tertiary alicyclic amines) is 1. The summed E-state index contributed by atoms with van der Waals surface area (Å²) in [5.74, 6) is 2.61. The third-order valence-corrected chi connectivity index (χ3v) is 4.65. The largest absolute Gasteiger partial charge is 0.356 e. The van der Waals surface area contributed by atoms with E-state index in [4.69, 9.17) is 0 Å². The molecular weight excluding hydrogens is 250 g/mol. The molecule has 0 saturated carbocycles. The fourth-order valence-corrected chi connectivity index (χ4v) is 3.63. The molecule has 2 atom stereocenters. The maximum absolute atomic E-state index is 4.63. The second kappa shape index (κ2) is 5.95. The van der Waals surface area contributed by atoms with Crippen LogP contribution in [0.15, 0.2) is 12.3 Å². The van der Waals surface area contributed by atoms with Gasteiger partial charge in [-0.25, -0.2) is 4.98 Å². The molecular formula is C15H25N5. The third kappa shape index (κ3) is 2.73. The highest BCUT2D eigenvalue weighted by molar-refractivity contribution is 5.43. The summed E-state index contributed by atoms with van der Waals surface area (Å²) in [4.78, 5) is 13.9. The predicted molar refractivity (Wildman–Crippen MR) is 82.2 cm³/mol. The van der Waals surface area contributed by atoms with E-state index in [1.807, 2.05) is 12.3 Å². The fraction of sp³-hybridized carbons (Fsp3) is 0.733. The summed E-state index contributed by atoms with van der Waals surface area (Å²) in [5.41, 5.74) is 0. The highest BCUT2D eigenvalue weighted by atomic mass is 15.3. The van der Waals surface area contributed by atoms with Gasteiger partial charge in [0.25, 0.3) is 0 Å². The lowest BCUT2D eigenvalue weighted by molar-refractivity contribution is 0.102. The molecule has 1 aromatic rings. The van der Waals surface area contributed by atoms with Gasteiger partial charge in [-0.15, -0.1) is 0 Å². The number of nitrogens with zero attached hydrogens (tertiary/aromatic N) is 4. The zero-order chi connectivity index (χ0) is 13.9. The Morgan fingerprint density at radius 1 is 1.35 bits per heavy atom. The number of aromatic nitrogens is 2. The fourth-order valence-electron chi connectivity index (χ4n) is 3.63. The summed E-state index contributed by atoms with van der Waals surface area (Å²) in [7, 11) is 2.28. The van der Waals surface area contributed by atoms with E-state index in [1.54, 1.807) is 0 Å². The van der Waals surface area contributed by atoms with Crippen LogP contribution in [-0.2, 0) is 0 Å². The van der Waals surface area contributed by atoms with E-state index in [0.29, 0.717) is 0 Å². The molecule has 5 heteroatoms. The van der Waals surface area contributed by atoms with Gasteiger partial charge in [-0.2, -0.15) is 4.98 Å². The molecule has 1 N–H and O–H groups in total.